The highest BCUT2D eigenvalue weighted by atomic mass is 16.2. The number of anilines is 1. The minimum Gasteiger partial charge on any atom is -0.336 e. The van der Waals surface area contributed by atoms with Crippen molar-refractivity contribution in [2.24, 2.45) is 5.92 Å². The van der Waals surface area contributed by atoms with Crippen LogP contribution in [0.25, 0.3) is 0 Å². The Morgan fingerprint density at radius 1 is 1.17 bits per heavy atom. The van der Waals surface area contributed by atoms with Gasteiger partial charge in [0, 0.05) is 30.7 Å². The molecule has 0 aliphatic carbocycles. The molecule has 1 aliphatic heterocycles. The van der Waals surface area contributed by atoms with Crippen LogP contribution in [0.15, 0.2) is 24.3 Å². The zero-order valence-corrected chi connectivity index (χ0v) is 14.3. The van der Waals surface area contributed by atoms with Crippen LogP contribution in [-0.2, 0) is 11.2 Å². The molecule has 0 bridgehead atoms. The first-order valence-electron chi connectivity index (χ1n) is 8.44. The Hall–Kier alpha value is -2.04. The van der Waals surface area contributed by atoms with Crippen molar-refractivity contribution >= 4 is 17.6 Å². The van der Waals surface area contributed by atoms with Crippen molar-refractivity contribution in [1.82, 2.24) is 10.2 Å². The largest absolute Gasteiger partial charge is 0.336 e. The van der Waals surface area contributed by atoms with Crippen LogP contribution in [0.1, 0.15) is 39.2 Å². The van der Waals surface area contributed by atoms with Crippen molar-refractivity contribution in [1.29, 1.82) is 0 Å². The molecule has 1 aliphatic rings. The molecular formula is C18H27N3O2. The number of rotatable bonds is 4. The SMILES string of the molecule is CCc1ccc(NC(=O)C2CCN(C(=O)NC(C)C)CC2)cc1. The summed E-state index contributed by atoms with van der Waals surface area (Å²) in [6.07, 6.45) is 2.42. The van der Waals surface area contributed by atoms with E-state index in [0.29, 0.717) is 25.9 Å². The number of carbonyl (C=O) groups is 2. The molecule has 1 fully saturated rings. The Kier molecular flexibility index (Phi) is 6.02. The van der Waals surface area contributed by atoms with E-state index in [9.17, 15) is 9.59 Å². The van der Waals surface area contributed by atoms with Gasteiger partial charge in [-0.1, -0.05) is 19.1 Å². The number of piperidine rings is 1. The van der Waals surface area contributed by atoms with Crippen LogP contribution in [-0.4, -0.2) is 36.0 Å². The van der Waals surface area contributed by atoms with Gasteiger partial charge in [-0.25, -0.2) is 4.79 Å². The predicted molar refractivity (Wildman–Crippen MR) is 92.4 cm³/mol. The molecule has 0 atom stereocenters. The highest BCUT2D eigenvalue weighted by Crippen LogP contribution is 2.20. The number of hydrogen-bond donors (Lipinski definition) is 2. The second kappa shape index (κ2) is 7.99. The molecule has 0 radical (unpaired) electrons. The highest BCUT2D eigenvalue weighted by Gasteiger charge is 2.27. The monoisotopic (exact) mass is 317 g/mol. The van der Waals surface area contributed by atoms with Crippen molar-refractivity contribution < 1.29 is 9.59 Å². The summed E-state index contributed by atoms with van der Waals surface area (Å²) in [6, 6.07) is 8.07. The van der Waals surface area contributed by atoms with Crippen LogP contribution in [0.4, 0.5) is 10.5 Å². The molecule has 23 heavy (non-hydrogen) atoms. The third-order valence-electron chi connectivity index (χ3n) is 4.19. The summed E-state index contributed by atoms with van der Waals surface area (Å²) in [6.45, 7) is 7.26. The number of amides is 3. The molecule has 1 heterocycles. The van der Waals surface area contributed by atoms with Crippen molar-refractivity contribution in [2.75, 3.05) is 18.4 Å². The van der Waals surface area contributed by atoms with Gasteiger partial charge in [0.1, 0.15) is 0 Å². The first-order valence-corrected chi connectivity index (χ1v) is 8.44. The molecule has 126 valence electrons. The summed E-state index contributed by atoms with van der Waals surface area (Å²) in [4.78, 5) is 26.1. The number of benzene rings is 1. The van der Waals surface area contributed by atoms with Crippen molar-refractivity contribution in [3.63, 3.8) is 0 Å². The van der Waals surface area contributed by atoms with Crippen LogP contribution in [0.2, 0.25) is 0 Å². The minimum absolute atomic E-state index is 0.0241. The zero-order chi connectivity index (χ0) is 16.8. The van der Waals surface area contributed by atoms with Crippen LogP contribution in [0.5, 0.6) is 0 Å². The fourth-order valence-electron chi connectivity index (χ4n) is 2.75. The fraction of sp³-hybridized carbons (Fsp3) is 0.556. The van der Waals surface area contributed by atoms with Crippen LogP contribution in [0.3, 0.4) is 0 Å². The minimum atomic E-state index is -0.0333. The number of nitrogens with zero attached hydrogens (tertiary/aromatic N) is 1. The predicted octanol–water partition coefficient (Wildman–Crippen LogP) is 3.02. The third-order valence-corrected chi connectivity index (χ3v) is 4.19. The van der Waals surface area contributed by atoms with Gasteiger partial charge in [-0.05, 0) is 50.8 Å². The van der Waals surface area contributed by atoms with Crippen molar-refractivity contribution in [3.8, 4) is 0 Å². The topological polar surface area (TPSA) is 61.4 Å². The van der Waals surface area contributed by atoms with Crippen molar-refractivity contribution in [2.45, 2.75) is 46.1 Å². The molecule has 2 N–H and O–H groups in total. The van der Waals surface area contributed by atoms with E-state index in [0.717, 1.165) is 12.1 Å². The van der Waals surface area contributed by atoms with Gasteiger partial charge >= 0.3 is 6.03 Å². The van der Waals surface area contributed by atoms with E-state index in [2.05, 4.69) is 17.6 Å². The molecule has 0 aromatic heterocycles. The number of aryl methyl sites for hydroxylation is 1. The molecule has 5 heteroatoms. The van der Waals surface area contributed by atoms with Crippen LogP contribution < -0.4 is 10.6 Å². The summed E-state index contributed by atoms with van der Waals surface area (Å²) in [5.74, 6) is 0.0297. The van der Waals surface area contributed by atoms with Gasteiger partial charge < -0.3 is 15.5 Å². The van der Waals surface area contributed by atoms with E-state index >= 15 is 0 Å². The van der Waals surface area contributed by atoms with Gasteiger partial charge in [-0.3, -0.25) is 4.79 Å². The van der Waals surface area contributed by atoms with E-state index < -0.39 is 0 Å². The molecule has 0 unspecified atom stereocenters. The van der Waals surface area contributed by atoms with Gasteiger partial charge in [0.15, 0.2) is 0 Å². The summed E-state index contributed by atoms with van der Waals surface area (Å²) in [5.41, 5.74) is 2.10. The number of likely N-dealkylation sites (tertiary alicyclic amines) is 1. The maximum absolute atomic E-state index is 12.3. The number of carbonyl (C=O) groups excluding carboxylic acids is 2. The number of hydrogen-bond acceptors (Lipinski definition) is 2. The first-order chi connectivity index (χ1) is 11.0. The quantitative estimate of drug-likeness (QED) is 0.896. The molecule has 0 spiro atoms. The Morgan fingerprint density at radius 3 is 2.30 bits per heavy atom. The third kappa shape index (κ3) is 4.98. The second-order valence-electron chi connectivity index (χ2n) is 6.41. The van der Waals surface area contributed by atoms with Gasteiger partial charge in [-0.2, -0.15) is 0 Å². The maximum Gasteiger partial charge on any atom is 0.317 e. The van der Waals surface area contributed by atoms with Crippen LogP contribution in [0, 0.1) is 5.92 Å². The number of nitrogens with one attached hydrogen (secondary N) is 2. The fourth-order valence-corrected chi connectivity index (χ4v) is 2.75. The number of urea groups is 1. The Balaban J connectivity index is 1.82. The molecule has 5 nitrogen and oxygen atoms in total. The van der Waals surface area contributed by atoms with E-state index in [1.165, 1.54) is 5.56 Å². The maximum atomic E-state index is 12.3. The zero-order valence-electron chi connectivity index (χ0n) is 14.3. The van der Waals surface area contributed by atoms with Gasteiger partial charge in [0.25, 0.3) is 0 Å². The summed E-state index contributed by atoms with van der Waals surface area (Å²) in [5, 5.41) is 5.87. The van der Waals surface area contributed by atoms with E-state index in [1.807, 2.05) is 38.1 Å². The molecule has 1 saturated heterocycles. The Labute approximate surface area is 138 Å². The van der Waals surface area contributed by atoms with E-state index in [4.69, 9.17) is 0 Å². The lowest BCUT2D eigenvalue weighted by Crippen LogP contribution is -2.47. The van der Waals surface area contributed by atoms with Gasteiger partial charge in [0.2, 0.25) is 5.91 Å². The molecule has 2 rings (SSSR count). The lowest BCUT2D eigenvalue weighted by molar-refractivity contribution is -0.121. The summed E-state index contributed by atoms with van der Waals surface area (Å²) >= 11 is 0. The molecule has 3 amide bonds. The van der Waals surface area contributed by atoms with Gasteiger partial charge in [0.05, 0.1) is 0 Å². The average Bonchev–Trinajstić information content (AvgIpc) is 2.55. The van der Waals surface area contributed by atoms with Crippen molar-refractivity contribution in [3.05, 3.63) is 29.8 Å². The molecular weight excluding hydrogens is 290 g/mol. The lowest BCUT2D eigenvalue weighted by Gasteiger charge is -2.32. The molecule has 0 saturated carbocycles. The second-order valence-corrected chi connectivity index (χ2v) is 6.41. The van der Waals surface area contributed by atoms with E-state index in [1.54, 1.807) is 4.90 Å². The first kappa shape index (κ1) is 17.3. The van der Waals surface area contributed by atoms with Crippen LogP contribution >= 0.6 is 0 Å². The summed E-state index contributed by atoms with van der Waals surface area (Å²) < 4.78 is 0. The highest BCUT2D eigenvalue weighted by molar-refractivity contribution is 5.92. The van der Waals surface area contributed by atoms with Gasteiger partial charge in [-0.15, -0.1) is 0 Å². The Morgan fingerprint density at radius 2 is 1.78 bits per heavy atom. The lowest BCUT2D eigenvalue weighted by atomic mass is 9.96. The smallest absolute Gasteiger partial charge is 0.317 e. The normalized spacial score (nSPS) is 15.6. The van der Waals surface area contributed by atoms with E-state index in [-0.39, 0.29) is 23.9 Å². The molecule has 1 aromatic carbocycles. The Bertz CT molecular complexity index is 532. The average molecular weight is 317 g/mol. The standard InChI is InChI=1S/C18H27N3O2/c1-4-14-5-7-16(8-6-14)20-17(22)15-9-11-21(12-10-15)18(23)19-13(2)3/h5-8,13,15H,4,9-12H2,1-3H3,(H,19,23)(H,20,22). The summed E-state index contributed by atoms with van der Waals surface area (Å²) in [7, 11) is 0. The molecule has 1 aromatic rings.